The van der Waals surface area contributed by atoms with Crippen LogP contribution in [-0.2, 0) is 12.2 Å². The van der Waals surface area contributed by atoms with E-state index in [0.29, 0.717) is 0 Å². The zero-order valence-corrected chi connectivity index (χ0v) is 12.2. The van der Waals surface area contributed by atoms with Crippen LogP contribution in [0.2, 0.25) is 0 Å². The van der Waals surface area contributed by atoms with Crippen LogP contribution in [0, 0.1) is 0 Å². The maximum atomic E-state index is 4.58. The first-order chi connectivity index (χ1) is 8.31. The number of nitrogens with one attached hydrogen (secondary N) is 1. The Bertz CT molecular complexity index is 466. The molecule has 0 unspecified atom stereocenters. The van der Waals surface area contributed by atoms with E-state index in [1.165, 1.54) is 5.01 Å². The Balaban J connectivity index is 1.88. The van der Waals surface area contributed by atoms with Crippen molar-refractivity contribution in [2.75, 3.05) is 12.4 Å². The number of aromatic nitrogens is 3. The second-order valence-electron chi connectivity index (χ2n) is 3.39. The summed E-state index contributed by atoms with van der Waals surface area (Å²) >= 11 is 5.01. The molecular weight excluding hydrogens is 272 g/mol. The number of rotatable bonds is 6. The Kier molecular flexibility index (Phi) is 4.75. The molecule has 0 saturated heterocycles. The van der Waals surface area contributed by atoms with Crippen LogP contribution in [0.25, 0.3) is 0 Å². The van der Waals surface area contributed by atoms with Crippen molar-refractivity contribution in [3.05, 3.63) is 16.1 Å². The van der Waals surface area contributed by atoms with Crippen LogP contribution in [0.15, 0.2) is 9.72 Å². The molecule has 0 spiro atoms. The molecule has 4 nitrogen and oxygen atoms in total. The van der Waals surface area contributed by atoms with Gasteiger partial charge in [-0.15, -0.1) is 21.5 Å². The molecule has 2 aromatic heterocycles. The first-order valence-electron chi connectivity index (χ1n) is 5.39. The predicted molar refractivity (Wildman–Crippen MR) is 75.1 cm³/mol. The lowest BCUT2D eigenvalue weighted by molar-refractivity contribution is 0.902. The van der Waals surface area contributed by atoms with Crippen molar-refractivity contribution in [3.8, 4) is 0 Å². The molecule has 0 bridgehead atoms. The SMILES string of the molecule is CCCc1nc(CSc2nnc(NC)s2)cs1. The predicted octanol–water partition coefficient (Wildman–Crippen LogP) is 3.28. The summed E-state index contributed by atoms with van der Waals surface area (Å²) in [6.07, 6.45) is 2.24. The molecule has 0 fully saturated rings. The molecule has 2 heterocycles. The molecule has 0 aromatic carbocycles. The monoisotopic (exact) mass is 286 g/mol. The molecule has 0 saturated carbocycles. The quantitative estimate of drug-likeness (QED) is 0.826. The summed E-state index contributed by atoms with van der Waals surface area (Å²) in [6, 6.07) is 0. The molecule has 0 aliphatic heterocycles. The summed E-state index contributed by atoms with van der Waals surface area (Å²) in [6.45, 7) is 2.18. The zero-order valence-electron chi connectivity index (χ0n) is 9.77. The molecule has 7 heteroatoms. The Morgan fingerprint density at radius 3 is 3.00 bits per heavy atom. The van der Waals surface area contributed by atoms with Gasteiger partial charge in [0.2, 0.25) is 5.13 Å². The average molecular weight is 286 g/mol. The highest BCUT2D eigenvalue weighted by Gasteiger charge is 2.06. The summed E-state index contributed by atoms with van der Waals surface area (Å²) in [4.78, 5) is 4.58. The average Bonchev–Trinajstić information content (AvgIpc) is 2.95. The van der Waals surface area contributed by atoms with Crippen molar-refractivity contribution in [1.82, 2.24) is 15.2 Å². The van der Waals surface area contributed by atoms with Gasteiger partial charge in [-0.2, -0.15) is 0 Å². The fourth-order valence-electron chi connectivity index (χ4n) is 1.25. The lowest BCUT2D eigenvalue weighted by Gasteiger charge is -1.92. The molecular formula is C10H14N4S3. The number of anilines is 1. The first-order valence-corrected chi connectivity index (χ1v) is 8.07. The minimum Gasteiger partial charge on any atom is -0.363 e. The Morgan fingerprint density at radius 1 is 1.41 bits per heavy atom. The second kappa shape index (κ2) is 6.32. The minimum atomic E-state index is 0.859. The lowest BCUT2D eigenvalue weighted by Crippen LogP contribution is -1.85. The van der Waals surface area contributed by atoms with Crippen LogP contribution < -0.4 is 5.32 Å². The van der Waals surface area contributed by atoms with Gasteiger partial charge in [0, 0.05) is 18.2 Å². The Labute approximate surface area is 113 Å². The first kappa shape index (κ1) is 12.8. The molecule has 2 aromatic rings. The fraction of sp³-hybridized carbons (Fsp3) is 0.500. The lowest BCUT2D eigenvalue weighted by atomic mass is 10.3. The maximum absolute atomic E-state index is 4.58. The van der Waals surface area contributed by atoms with Gasteiger partial charge in [-0.3, -0.25) is 0 Å². The van der Waals surface area contributed by atoms with Gasteiger partial charge < -0.3 is 5.32 Å². The summed E-state index contributed by atoms with van der Waals surface area (Å²) in [5.41, 5.74) is 1.14. The van der Waals surface area contributed by atoms with Crippen LogP contribution in [0.4, 0.5) is 5.13 Å². The van der Waals surface area contributed by atoms with E-state index < -0.39 is 0 Å². The number of thioether (sulfide) groups is 1. The number of hydrogen-bond acceptors (Lipinski definition) is 7. The molecule has 2 rings (SSSR count). The van der Waals surface area contributed by atoms with Gasteiger partial charge in [-0.05, 0) is 12.8 Å². The van der Waals surface area contributed by atoms with Crippen LogP contribution in [-0.4, -0.2) is 22.2 Å². The number of thiazole rings is 1. The van der Waals surface area contributed by atoms with Crippen LogP contribution >= 0.6 is 34.4 Å². The van der Waals surface area contributed by atoms with Crippen LogP contribution in [0.5, 0.6) is 0 Å². The Morgan fingerprint density at radius 2 is 2.29 bits per heavy atom. The van der Waals surface area contributed by atoms with Crippen molar-refractivity contribution in [1.29, 1.82) is 0 Å². The zero-order chi connectivity index (χ0) is 12.1. The third-order valence-electron chi connectivity index (χ3n) is 2.03. The van der Waals surface area contributed by atoms with Gasteiger partial charge >= 0.3 is 0 Å². The highest BCUT2D eigenvalue weighted by Crippen LogP contribution is 2.28. The van der Waals surface area contributed by atoms with E-state index in [4.69, 9.17) is 0 Å². The van der Waals surface area contributed by atoms with E-state index in [0.717, 1.165) is 33.8 Å². The summed E-state index contributed by atoms with van der Waals surface area (Å²) in [5.74, 6) is 0.874. The van der Waals surface area contributed by atoms with Gasteiger partial charge in [0.1, 0.15) is 0 Å². The van der Waals surface area contributed by atoms with Crippen molar-refractivity contribution in [3.63, 3.8) is 0 Å². The molecule has 0 amide bonds. The molecule has 0 radical (unpaired) electrons. The summed E-state index contributed by atoms with van der Waals surface area (Å²) in [5, 5.41) is 15.3. The van der Waals surface area contributed by atoms with E-state index >= 15 is 0 Å². The smallest absolute Gasteiger partial charge is 0.206 e. The molecule has 0 aliphatic carbocycles. The highest BCUT2D eigenvalue weighted by atomic mass is 32.2. The third-order valence-corrected chi connectivity index (χ3v) is 5.09. The number of hydrogen-bond donors (Lipinski definition) is 1. The molecule has 92 valence electrons. The molecule has 17 heavy (non-hydrogen) atoms. The molecule has 0 atom stereocenters. The van der Waals surface area contributed by atoms with Crippen LogP contribution in [0.1, 0.15) is 24.0 Å². The normalized spacial score (nSPS) is 10.7. The van der Waals surface area contributed by atoms with Gasteiger partial charge in [-0.25, -0.2) is 4.98 Å². The van der Waals surface area contributed by atoms with Crippen molar-refractivity contribution in [2.24, 2.45) is 0 Å². The van der Waals surface area contributed by atoms with Gasteiger partial charge in [-0.1, -0.05) is 30.0 Å². The van der Waals surface area contributed by atoms with Crippen molar-refractivity contribution in [2.45, 2.75) is 29.9 Å². The third kappa shape index (κ3) is 3.65. The van der Waals surface area contributed by atoms with Gasteiger partial charge in [0.05, 0.1) is 10.7 Å². The van der Waals surface area contributed by atoms with Crippen LogP contribution in [0.3, 0.4) is 0 Å². The van der Waals surface area contributed by atoms with E-state index in [2.05, 4.69) is 32.8 Å². The summed E-state index contributed by atoms with van der Waals surface area (Å²) in [7, 11) is 1.85. The standard InChI is InChI=1S/C10H14N4S3/c1-3-4-8-12-7(5-15-8)6-16-10-14-13-9(11-2)17-10/h5H,3-4,6H2,1-2H3,(H,11,13). The van der Waals surface area contributed by atoms with E-state index in [9.17, 15) is 0 Å². The van der Waals surface area contributed by atoms with E-state index in [1.807, 2.05) is 7.05 Å². The highest BCUT2D eigenvalue weighted by molar-refractivity contribution is 8.00. The van der Waals surface area contributed by atoms with E-state index in [-0.39, 0.29) is 0 Å². The minimum absolute atomic E-state index is 0.859. The summed E-state index contributed by atoms with van der Waals surface area (Å²) < 4.78 is 0.986. The topological polar surface area (TPSA) is 50.7 Å². The number of nitrogens with zero attached hydrogens (tertiary/aromatic N) is 3. The van der Waals surface area contributed by atoms with Crippen molar-refractivity contribution >= 4 is 39.6 Å². The van der Waals surface area contributed by atoms with Crippen molar-refractivity contribution < 1.29 is 0 Å². The van der Waals surface area contributed by atoms with Gasteiger partial charge in [0.25, 0.3) is 0 Å². The fourth-order valence-corrected chi connectivity index (χ4v) is 3.85. The largest absolute Gasteiger partial charge is 0.363 e. The Hall–Kier alpha value is -0.660. The maximum Gasteiger partial charge on any atom is 0.206 e. The molecule has 0 aliphatic rings. The number of aryl methyl sites for hydroxylation is 1. The van der Waals surface area contributed by atoms with E-state index in [1.54, 1.807) is 34.4 Å². The second-order valence-corrected chi connectivity index (χ2v) is 6.54. The van der Waals surface area contributed by atoms with Gasteiger partial charge in [0.15, 0.2) is 4.34 Å². The molecule has 1 N–H and O–H groups in total.